The van der Waals surface area contributed by atoms with E-state index in [2.05, 4.69) is 5.32 Å². The highest BCUT2D eigenvalue weighted by atomic mass is 16.5. The van der Waals surface area contributed by atoms with Gasteiger partial charge in [0, 0.05) is 0 Å². The number of carboxylic acid groups (broad SMARTS) is 1. The predicted molar refractivity (Wildman–Crippen MR) is 68.1 cm³/mol. The smallest absolute Gasteiger partial charge is 0.328 e. The molecule has 1 aromatic rings. The number of carboxylic acids is 1. The minimum absolute atomic E-state index is 0.168. The first-order valence-corrected chi connectivity index (χ1v) is 5.97. The molecule has 2 unspecified atom stereocenters. The van der Waals surface area contributed by atoms with Crippen LogP contribution in [0.1, 0.15) is 18.5 Å². The van der Waals surface area contributed by atoms with Crippen LogP contribution in [0.25, 0.3) is 0 Å². The van der Waals surface area contributed by atoms with Crippen LogP contribution in [0.15, 0.2) is 24.3 Å². The summed E-state index contributed by atoms with van der Waals surface area (Å²) in [5.41, 5.74) is 0.932. The number of benzene rings is 1. The van der Waals surface area contributed by atoms with Gasteiger partial charge >= 0.3 is 12.0 Å². The maximum absolute atomic E-state index is 11.8. The van der Waals surface area contributed by atoms with E-state index < -0.39 is 12.0 Å². The summed E-state index contributed by atoms with van der Waals surface area (Å²) in [4.78, 5) is 24.1. The lowest BCUT2D eigenvalue weighted by Crippen LogP contribution is -2.34. The lowest BCUT2D eigenvalue weighted by atomic mass is 10.1. The lowest BCUT2D eigenvalue weighted by Gasteiger charge is -2.23. The number of aliphatic carboxylic acids is 1. The average Bonchev–Trinajstić information content (AvgIpc) is 2.80. The van der Waals surface area contributed by atoms with Gasteiger partial charge in [-0.05, 0) is 24.6 Å². The lowest BCUT2D eigenvalue weighted by molar-refractivity contribution is -0.138. The molecule has 6 heteroatoms. The Morgan fingerprint density at radius 3 is 2.58 bits per heavy atom. The number of methoxy groups -OCH3 is 1. The molecule has 0 saturated carbocycles. The summed E-state index contributed by atoms with van der Waals surface area (Å²) in [6, 6.07) is 5.98. The highest BCUT2D eigenvalue weighted by Gasteiger charge is 2.36. The molecule has 2 rings (SSSR count). The Balaban J connectivity index is 2.12. The number of hydrogen-bond acceptors (Lipinski definition) is 3. The highest BCUT2D eigenvalue weighted by Crippen LogP contribution is 2.25. The van der Waals surface area contributed by atoms with Crippen LogP contribution in [-0.4, -0.2) is 41.7 Å². The molecule has 19 heavy (non-hydrogen) atoms. The minimum Gasteiger partial charge on any atom is -0.497 e. The molecule has 1 saturated heterocycles. The molecule has 0 aromatic heterocycles. The van der Waals surface area contributed by atoms with Crippen LogP contribution < -0.4 is 10.1 Å². The maximum atomic E-state index is 11.8. The van der Waals surface area contributed by atoms with Crippen molar-refractivity contribution in [3.8, 4) is 5.75 Å². The normalized spacial score (nSPS) is 20.0. The number of nitrogens with zero attached hydrogens (tertiary/aromatic N) is 1. The maximum Gasteiger partial charge on any atom is 0.328 e. The predicted octanol–water partition coefficient (Wildman–Crippen LogP) is 1.23. The number of rotatable bonds is 4. The van der Waals surface area contributed by atoms with Gasteiger partial charge in [-0.3, -0.25) is 0 Å². The molecule has 0 aliphatic carbocycles. The SMILES string of the molecule is COc1ccc(C(C)N2CC(C(=O)O)NC2=O)cc1. The molecule has 2 atom stereocenters. The first-order valence-electron chi connectivity index (χ1n) is 5.97. The monoisotopic (exact) mass is 264 g/mol. The third kappa shape index (κ3) is 2.62. The van der Waals surface area contributed by atoms with Gasteiger partial charge in [0.15, 0.2) is 0 Å². The Kier molecular flexibility index (Phi) is 3.59. The molecule has 2 N–H and O–H groups in total. The second kappa shape index (κ2) is 5.17. The second-order valence-electron chi connectivity index (χ2n) is 4.44. The molecular formula is C13H16N2O4. The van der Waals surface area contributed by atoms with Crippen LogP contribution in [0.2, 0.25) is 0 Å². The Hall–Kier alpha value is -2.24. The summed E-state index contributed by atoms with van der Waals surface area (Å²) in [5, 5.41) is 11.4. The molecule has 1 aromatic carbocycles. The van der Waals surface area contributed by atoms with E-state index >= 15 is 0 Å². The molecule has 1 fully saturated rings. The van der Waals surface area contributed by atoms with E-state index in [9.17, 15) is 9.59 Å². The zero-order chi connectivity index (χ0) is 14.0. The Labute approximate surface area is 111 Å². The van der Waals surface area contributed by atoms with Gasteiger partial charge in [-0.1, -0.05) is 12.1 Å². The van der Waals surface area contributed by atoms with Crippen LogP contribution in [0.5, 0.6) is 5.75 Å². The third-order valence-corrected chi connectivity index (χ3v) is 3.30. The number of nitrogens with one attached hydrogen (secondary N) is 1. The van der Waals surface area contributed by atoms with Gasteiger partial charge in [-0.25, -0.2) is 9.59 Å². The van der Waals surface area contributed by atoms with Gasteiger partial charge in [-0.2, -0.15) is 0 Å². The number of urea groups is 1. The number of ether oxygens (including phenoxy) is 1. The van der Waals surface area contributed by atoms with E-state index in [1.165, 1.54) is 4.90 Å². The van der Waals surface area contributed by atoms with Crippen molar-refractivity contribution in [2.24, 2.45) is 0 Å². The highest BCUT2D eigenvalue weighted by molar-refractivity contribution is 5.86. The standard InChI is InChI=1S/C13H16N2O4/c1-8(9-3-5-10(19-2)6-4-9)15-7-11(12(16)17)14-13(15)18/h3-6,8,11H,7H2,1-2H3,(H,14,18)(H,16,17). The second-order valence-corrected chi connectivity index (χ2v) is 4.44. The summed E-state index contributed by atoms with van der Waals surface area (Å²) < 4.78 is 5.07. The summed E-state index contributed by atoms with van der Waals surface area (Å²) in [6.07, 6.45) is 0. The topological polar surface area (TPSA) is 78.9 Å². The van der Waals surface area contributed by atoms with Gasteiger partial charge in [0.25, 0.3) is 0 Å². The van der Waals surface area contributed by atoms with Gasteiger partial charge in [0.2, 0.25) is 0 Å². The van der Waals surface area contributed by atoms with Crippen molar-refractivity contribution in [2.75, 3.05) is 13.7 Å². The fraction of sp³-hybridized carbons (Fsp3) is 0.385. The minimum atomic E-state index is -1.02. The molecule has 1 aliphatic rings. The van der Waals surface area contributed by atoms with Crippen molar-refractivity contribution in [2.45, 2.75) is 19.0 Å². The van der Waals surface area contributed by atoms with Crippen molar-refractivity contribution in [3.63, 3.8) is 0 Å². The van der Waals surface area contributed by atoms with E-state index in [0.29, 0.717) is 0 Å². The zero-order valence-corrected chi connectivity index (χ0v) is 10.8. The number of carbonyl (C=O) groups is 2. The van der Waals surface area contributed by atoms with Crippen molar-refractivity contribution in [1.82, 2.24) is 10.2 Å². The van der Waals surface area contributed by atoms with Crippen LogP contribution in [-0.2, 0) is 4.79 Å². The van der Waals surface area contributed by atoms with Crippen LogP contribution in [0, 0.1) is 0 Å². The Morgan fingerprint density at radius 2 is 2.11 bits per heavy atom. The Morgan fingerprint density at radius 1 is 1.47 bits per heavy atom. The van der Waals surface area contributed by atoms with Gasteiger partial charge in [0.1, 0.15) is 11.8 Å². The average molecular weight is 264 g/mol. The summed E-state index contributed by atoms with van der Waals surface area (Å²) in [6.45, 7) is 2.03. The molecule has 102 valence electrons. The molecule has 0 bridgehead atoms. The van der Waals surface area contributed by atoms with E-state index in [0.717, 1.165) is 11.3 Å². The molecule has 0 spiro atoms. The largest absolute Gasteiger partial charge is 0.497 e. The fourth-order valence-corrected chi connectivity index (χ4v) is 2.09. The summed E-state index contributed by atoms with van der Waals surface area (Å²) in [5.74, 6) is -0.275. The number of carbonyl (C=O) groups excluding carboxylic acids is 1. The van der Waals surface area contributed by atoms with E-state index in [4.69, 9.17) is 9.84 Å². The molecule has 0 radical (unpaired) electrons. The van der Waals surface area contributed by atoms with Gasteiger partial charge in [0.05, 0.1) is 19.7 Å². The van der Waals surface area contributed by atoms with E-state index in [1.807, 2.05) is 31.2 Å². The summed E-state index contributed by atoms with van der Waals surface area (Å²) >= 11 is 0. The number of amides is 2. The quantitative estimate of drug-likeness (QED) is 0.857. The van der Waals surface area contributed by atoms with Crippen molar-refractivity contribution >= 4 is 12.0 Å². The van der Waals surface area contributed by atoms with Crippen LogP contribution >= 0.6 is 0 Å². The van der Waals surface area contributed by atoms with E-state index in [-0.39, 0.29) is 18.6 Å². The third-order valence-electron chi connectivity index (χ3n) is 3.30. The van der Waals surface area contributed by atoms with Gasteiger partial charge < -0.3 is 20.1 Å². The zero-order valence-electron chi connectivity index (χ0n) is 10.8. The van der Waals surface area contributed by atoms with Gasteiger partial charge in [-0.15, -0.1) is 0 Å². The fourth-order valence-electron chi connectivity index (χ4n) is 2.09. The molecule has 2 amide bonds. The molecule has 6 nitrogen and oxygen atoms in total. The van der Waals surface area contributed by atoms with Crippen LogP contribution in [0.3, 0.4) is 0 Å². The number of hydrogen-bond donors (Lipinski definition) is 2. The van der Waals surface area contributed by atoms with Crippen molar-refractivity contribution in [1.29, 1.82) is 0 Å². The first kappa shape index (κ1) is 13.2. The first-order chi connectivity index (χ1) is 9.02. The van der Waals surface area contributed by atoms with E-state index in [1.54, 1.807) is 7.11 Å². The van der Waals surface area contributed by atoms with Crippen LogP contribution in [0.4, 0.5) is 4.79 Å². The van der Waals surface area contributed by atoms with Crippen molar-refractivity contribution in [3.05, 3.63) is 29.8 Å². The molecule has 1 aliphatic heterocycles. The molecular weight excluding hydrogens is 248 g/mol. The molecule has 1 heterocycles. The summed E-state index contributed by atoms with van der Waals surface area (Å²) in [7, 11) is 1.59. The van der Waals surface area contributed by atoms with Crippen molar-refractivity contribution < 1.29 is 19.4 Å². The Bertz CT molecular complexity index is 486.